The van der Waals surface area contributed by atoms with Crippen molar-refractivity contribution in [1.29, 1.82) is 0 Å². The predicted molar refractivity (Wildman–Crippen MR) is 116 cm³/mol. The molecule has 0 aromatic carbocycles. The Morgan fingerprint density at radius 2 is 2.17 bits per heavy atom. The fourth-order valence-corrected chi connectivity index (χ4v) is 5.20. The van der Waals surface area contributed by atoms with Crippen molar-refractivity contribution in [3.63, 3.8) is 0 Å². The summed E-state index contributed by atoms with van der Waals surface area (Å²) >= 11 is 0. The summed E-state index contributed by atoms with van der Waals surface area (Å²) in [5.74, 6) is 3.36. The molecule has 0 radical (unpaired) electrons. The van der Waals surface area contributed by atoms with Crippen molar-refractivity contribution < 1.29 is 4.79 Å². The number of hydrogen-bond donors (Lipinski definition) is 2. The maximum atomic E-state index is 12.1. The number of hydrogen-bond acceptors (Lipinski definition) is 6. The maximum absolute atomic E-state index is 12.1. The van der Waals surface area contributed by atoms with Gasteiger partial charge in [0.1, 0.15) is 11.7 Å². The minimum atomic E-state index is -0.265. The largest absolute Gasteiger partial charge is 0.350 e. The SMILES string of the molecule is C=C1[C@H]2CCC(C2)[C@@H]1Cn1cc(CNc2nc(C)c3c(n2)N(C)[C@@H](C)C(=O)N3)cn1. The number of fused-ring (bicyclic) bond motifs is 3. The monoisotopic (exact) mass is 407 g/mol. The Morgan fingerprint density at radius 1 is 1.33 bits per heavy atom. The molecule has 2 aliphatic carbocycles. The molecule has 0 saturated heterocycles. The van der Waals surface area contributed by atoms with E-state index in [1.807, 2.05) is 32.0 Å². The number of anilines is 3. The molecule has 2 fully saturated rings. The number of aryl methyl sites for hydroxylation is 1. The fraction of sp³-hybridized carbons (Fsp3) is 0.545. The number of carbonyl (C=O) groups is 1. The molecule has 3 heterocycles. The lowest BCUT2D eigenvalue weighted by Crippen LogP contribution is -2.44. The highest BCUT2D eigenvalue weighted by Crippen LogP contribution is 2.51. The van der Waals surface area contributed by atoms with E-state index in [4.69, 9.17) is 0 Å². The van der Waals surface area contributed by atoms with Gasteiger partial charge in [-0.25, -0.2) is 4.98 Å². The van der Waals surface area contributed by atoms with Crippen LogP contribution in [-0.4, -0.2) is 38.7 Å². The summed E-state index contributed by atoms with van der Waals surface area (Å²) in [5.41, 5.74) is 3.97. The van der Waals surface area contributed by atoms with Crippen molar-refractivity contribution in [2.75, 3.05) is 22.6 Å². The first-order valence-electron chi connectivity index (χ1n) is 10.8. The Balaban J connectivity index is 1.26. The number of rotatable bonds is 5. The zero-order valence-electron chi connectivity index (χ0n) is 17.9. The van der Waals surface area contributed by atoms with Gasteiger partial charge in [-0.2, -0.15) is 10.1 Å². The molecule has 2 aromatic heterocycles. The first-order chi connectivity index (χ1) is 14.4. The molecule has 158 valence electrons. The van der Waals surface area contributed by atoms with E-state index in [0.717, 1.165) is 35.5 Å². The van der Waals surface area contributed by atoms with Crippen LogP contribution < -0.4 is 15.5 Å². The number of nitrogens with zero attached hydrogens (tertiary/aromatic N) is 5. The third-order valence-electron chi connectivity index (χ3n) is 7.18. The Labute approximate surface area is 176 Å². The molecule has 8 heteroatoms. The lowest BCUT2D eigenvalue weighted by molar-refractivity contribution is -0.117. The zero-order valence-corrected chi connectivity index (χ0v) is 17.9. The fourth-order valence-electron chi connectivity index (χ4n) is 5.20. The summed E-state index contributed by atoms with van der Waals surface area (Å²) in [6.45, 7) is 9.63. The second-order valence-electron chi connectivity index (χ2n) is 8.98. The molecule has 2 N–H and O–H groups in total. The summed E-state index contributed by atoms with van der Waals surface area (Å²) in [4.78, 5) is 23.1. The Morgan fingerprint density at radius 3 is 2.93 bits per heavy atom. The van der Waals surface area contributed by atoms with Gasteiger partial charge < -0.3 is 15.5 Å². The van der Waals surface area contributed by atoms with Crippen LogP contribution in [0.25, 0.3) is 0 Å². The standard InChI is InChI=1S/C22H29N7O/c1-12-16-5-6-17(7-16)18(12)11-29-10-15(9-24-29)8-23-22-25-13(2)19-20(27-22)28(4)14(3)21(30)26-19/h9-10,14,16-18H,1,5-8,11H2,2-4H3,(H,26,30)(H,23,25,27)/t14-,16-,17?,18+/m0/s1. The van der Waals surface area contributed by atoms with Crippen LogP contribution in [0.2, 0.25) is 0 Å². The topological polar surface area (TPSA) is 88.0 Å². The molecule has 5 rings (SSSR count). The molecular weight excluding hydrogens is 378 g/mol. The van der Waals surface area contributed by atoms with Crippen LogP contribution in [0.1, 0.15) is 37.4 Å². The molecule has 2 bridgehead atoms. The summed E-state index contributed by atoms with van der Waals surface area (Å²) in [6, 6.07) is -0.265. The van der Waals surface area contributed by atoms with E-state index in [0.29, 0.717) is 24.1 Å². The lowest BCUT2D eigenvalue weighted by Gasteiger charge is -2.32. The highest BCUT2D eigenvalue weighted by Gasteiger charge is 2.42. The number of likely N-dealkylation sites (N-methyl/N-ethyl adjacent to an activating group) is 1. The third kappa shape index (κ3) is 3.14. The van der Waals surface area contributed by atoms with Gasteiger partial charge in [0.2, 0.25) is 11.9 Å². The summed E-state index contributed by atoms with van der Waals surface area (Å²) in [5, 5.41) is 10.8. The predicted octanol–water partition coefficient (Wildman–Crippen LogP) is 2.97. The van der Waals surface area contributed by atoms with Gasteiger partial charge in [-0.15, -0.1) is 0 Å². The second kappa shape index (κ2) is 7.11. The van der Waals surface area contributed by atoms with Gasteiger partial charge in [0.25, 0.3) is 0 Å². The normalized spacial score (nSPS) is 27.4. The minimum Gasteiger partial charge on any atom is -0.350 e. The molecule has 1 amide bonds. The summed E-state index contributed by atoms with van der Waals surface area (Å²) in [6.07, 6.45) is 8.00. The highest BCUT2D eigenvalue weighted by molar-refractivity contribution is 6.03. The van der Waals surface area contributed by atoms with Crippen molar-refractivity contribution in [3.8, 4) is 0 Å². The van der Waals surface area contributed by atoms with Gasteiger partial charge in [-0.1, -0.05) is 12.2 Å². The van der Waals surface area contributed by atoms with Crippen LogP contribution in [0.5, 0.6) is 0 Å². The van der Waals surface area contributed by atoms with Crippen LogP contribution in [0, 0.1) is 24.7 Å². The van der Waals surface area contributed by atoms with Crippen LogP contribution in [0.15, 0.2) is 24.5 Å². The molecular formula is C22H29N7O. The van der Waals surface area contributed by atoms with Crippen molar-refractivity contribution in [1.82, 2.24) is 19.7 Å². The summed E-state index contributed by atoms with van der Waals surface area (Å²) in [7, 11) is 1.88. The van der Waals surface area contributed by atoms with Crippen LogP contribution in [0.4, 0.5) is 17.5 Å². The van der Waals surface area contributed by atoms with E-state index in [9.17, 15) is 4.79 Å². The molecule has 30 heavy (non-hydrogen) atoms. The van der Waals surface area contributed by atoms with Crippen LogP contribution >= 0.6 is 0 Å². The van der Waals surface area contributed by atoms with E-state index in [2.05, 4.69) is 43.2 Å². The average molecular weight is 408 g/mol. The first-order valence-corrected chi connectivity index (χ1v) is 10.8. The Bertz CT molecular complexity index is 1010. The molecule has 2 aromatic rings. The molecule has 0 spiro atoms. The van der Waals surface area contributed by atoms with Gasteiger partial charge in [-0.3, -0.25) is 9.48 Å². The lowest BCUT2D eigenvalue weighted by atomic mass is 9.85. The van der Waals surface area contributed by atoms with Gasteiger partial charge in [-0.05, 0) is 44.9 Å². The smallest absolute Gasteiger partial charge is 0.246 e. The van der Waals surface area contributed by atoms with E-state index < -0.39 is 0 Å². The maximum Gasteiger partial charge on any atom is 0.246 e. The summed E-state index contributed by atoms with van der Waals surface area (Å²) < 4.78 is 2.05. The van der Waals surface area contributed by atoms with Gasteiger partial charge in [0, 0.05) is 37.8 Å². The molecule has 3 aliphatic rings. The van der Waals surface area contributed by atoms with Gasteiger partial charge in [0.05, 0.1) is 11.9 Å². The number of amides is 1. The van der Waals surface area contributed by atoms with E-state index in [-0.39, 0.29) is 11.9 Å². The van der Waals surface area contributed by atoms with Crippen molar-refractivity contribution in [2.24, 2.45) is 17.8 Å². The van der Waals surface area contributed by atoms with Crippen LogP contribution in [0.3, 0.4) is 0 Å². The molecule has 1 aliphatic heterocycles. The van der Waals surface area contributed by atoms with Crippen LogP contribution in [-0.2, 0) is 17.9 Å². The third-order valence-corrected chi connectivity index (χ3v) is 7.18. The molecule has 2 saturated carbocycles. The average Bonchev–Trinajstić information content (AvgIpc) is 3.44. The molecule has 1 unspecified atom stereocenters. The van der Waals surface area contributed by atoms with Crippen molar-refractivity contribution >= 4 is 23.4 Å². The second-order valence-corrected chi connectivity index (χ2v) is 8.98. The van der Waals surface area contributed by atoms with Crippen molar-refractivity contribution in [2.45, 2.75) is 52.2 Å². The highest BCUT2D eigenvalue weighted by atomic mass is 16.2. The number of nitrogens with one attached hydrogen (secondary N) is 2. The van der Waals surface area contributed by atoms with E-state index in [1.165, 1.54) is 24.8 Å². The van der Waals surface area contributed by atoms with E-state index >= 15 is 0 Å². The Hall–Kier alpha value is -2.90. The quantitative estimate of drug-likeness (QED) is 0.741. The van der Waals surface area contributed by atoms with Crippen molar-refractivity contribution in [3.05, 3.63) is 35.8 Å². The molecule has 4 atom stereocenters. The number of aromatic nitrogens is 4. The van der Waals surface area contributed by atoms with Gasteiger partial charge in [0.15, 0.2) is 5.82 Å². The van der Waals surface area contributed by atoms with Gasteiger partial charge >= 0.3 is 0 Å². The zero-order chi connectivity index (χ0) is 21.0. The minimum absolute atomic E-state index is 0.0389. The number of carbonyl (C=O) groups excluding carboxylic acids is 1. The Kier molecular flexibility index (Phi) is 4.52. The molecule has 8 nitrogen and oxygen atoms in total. The van der Waals surface area contributed by atoms with E-state index in [1.54, 1.807) is 0 Å². The first kappa shape index (κ1) is 19.1. The number of allylic oxidation sites excluding steroid dienone is 1.